The number of hydrogen-bond donors (Lipinski definition) is 0. The number of pyridine rings is 1. The Morgan fingerprint density at radius 3 is 1.72 bits per heavy atom. The van der Waals surface area contributed by atoms with Gasteiger partial charge in [-0.3, -0.25) is 4.98 Å². The average Bonchev–Trinajstić information content (AvgIpc) is 3.01. The summed E-state index contributed by atoms with van der Waals surface area (Å²) >= 11 is 3.67. The predicted octanol–water partition coefficient (Wildman–Crippen LogP) is 7.91. The minimum Gasteiger partial charge on any atom is -0.256 e. The maximum Gasteiger partial charge on any atom is 0.162 e. The summed E-state index contributed by atoms with van der Waals surface area (Å²) in [7, 11) is 0. The molecule has 0 N–H and O–H groups in total. The lowest BCUT2D eigenvalue weighted by Crippen LogP contribution is -2.36. The Morgan fingerprint density at radius 2 is 1.05 bits per heavy atom. The van der Waals surface area contributed by atoms with Crippen molar-refractivity contribution >= 4 is 23.5 Å². The van der Waals surface area contributed by atoms with Crippen LogP contribution in [0.1, 0.15) is 22.3 Å². The second kappa shape index (κ2) is 8.90. The first-order valence-corrected chi connectivity index (χ1v) is 14.3. The van der Waals surface area contributed by atoms with Crippen LogP contribution in [0.2, 0.25) is 0 Å². The molecule has 1 spiro atoms. The molecule has 0 fully saturated rings. The van der Waals surface area contributed by atoms with Crippen LogP contribution in [0.15, 0.2) is 142 Å². The zero-order valence-corrected chi connectivity index (χ0v) is 22.3. The molecule has 0 aliphatic carbocycles. The minimum absolute atomic E-state index is 0.450. The topological polar surface area (TPSA) is 51.6 Å². The third-order valence-electron chi connectivity index (χ3n) is 7.51. The second-order valence-electron chi connectivity index (χ2n) is 9.55. The highest BCUT2D eigenvalue weighted by molar-refractivity contribution is 8.00. The second-order valence-corrected chi connectivity index (χ2v) is 11.7. The van der Waals surface area contributed by atoms with Crippen LogP contribution in [0.4, 0.5) is 0 Å². The van der Waals surface area contributed by atoms with E-state index < -0.39 is 5.41 Å². The number of benzene rings is 4. The molecule has 2 aliphatic rings. The normalized spacial score (nSPS) is 14.2. The predicted molar refractivity (Wildman–Crippen MR) is 155 cm³/mol. The molecule has 0 bridgehead atoms. The van der Waals surface area contributed by atoms with Crippen molar-refractivity contribution in [2.24, 2.45) is 0 Å². The van der Waals surface area contributed by atoms with Crippen LogP contribution in [0, 0.1) is 0 Å². The van der Waals surface area contributed by atoms with Gasteiger partial charge in [-0.25, -0.2) is 15.0 Å². The summed E-state index contributed by atoms with van der Waals surface area (Å²) in [5.41, 5.74) is 7.83. The Balaban J connectivity index is 1.46. The summed E-state index contributed by atoms with van der Waals surface area (Å²) in [6.45, 7) is 0. The van der Waals surface area contributed by atoms with Gasteiger partial charge in [0.1, 0.15) is 12.7 Å². The van der Waals surface area contributed by atoms with Gasteiger partial charge < -0.3 is 0 Å². The first-order valence-electron chi connectivity index (χ1n) is 12.7. The van der Waals surface area contributed by atoms with E-state index in [2.05, 4.69) is 111 Å². The molecule has 184 valence electrons. The first kappa shape index (κ1) is 22.7. The first-order chi connectivity index (χ1) is 19.3. The molecule has 0 saturated heterocycles. The van der Waals surface area contributed by atoms with E-state index in [1.807, 2.05) is 41.9 Å². The molecule has 0 atom stereocenters. The van der Waals surface area contributed by atoms with Gasteiger partial charge in [0.15, 0.2) is 5.82 Å². The van der Waals surface area contributed by atoms with Gasteiger partial charge in [0.2, 0.25) is 0 Å². The number of nitrogens with zero attached hydrogens (tertiary/aromatic N) is 4. The largest absolute Gasteiger partial charge is 0.256 e. The molecule has 6 aromatic rings. The number of aromatic nitrogens is 4. The smallest absolute Gasteiger partial charge is 0.162 e. The number of fused-ring (bicyclic) bond motifs is 8. The van der Waals surface area contributed by atoms with E-state index in [0.717, 1.165) is 16.8 Å². The molecule has 8 rings (SSSR count). The van der Waals surface area contributed by atoms with E-state index >= 15 is 0 Å². The molecule has 0 unspecified atom stereocenters. The maximum atomic E-state index is 4.64. The lowest BCUT2D eigenvalue weighted by Gasteiger charge is -2.45. The third kappa shape index (κ3) is 3.42. The fourth-order valence-corrected chi connectivity index (χ4v) is 8.35. The van der Waals surface area contributed by atoms with Gasteiger partial charge >= 0.3 is 0 Å². The monoisotopic (exact) mass is 536 g/mol. The lowest BCUT2D eigenvalue weighted by atomic mass is 9.64. The van der Waals surface area contributed by atoms with Crippen molar-refractivity contribution in [2.45, 2.75) is 25.0 Å². The van der Waals surface area contributed by atoms with Gasteiger partial charge in [-0.15, -0.1) is 0 Å². The van der Waals surface area contributed by atoms with E-state index in [1.165, 1.54) is 41.8 Å². The van der Waals surface area contributed by atoms with Crippen LogP contribution in [-0.2, 0) is 5.41 Å². The minimum atomic E-state index is -0.450. The molecule has 2 aromatic heterocycles. The van der Waals surface area contributed by atoms with Gasteiger partial charge in [0, 0.05) is 36.9 Å². The van der Waals surface area contributed by atoms with Crippen molar-refractivity contribution in [1.82, 2.24) is 19.9 Å². The Bertz CT molecular complexity index is 1740. The molecule has 2 aliphatic heterocycles. The Morgan fingerprint density at radius 1 is 0.487 bits per heavy atom. The van der Waals surface area contributed by atoms with E-state index in [1.54, 1.807) is 12.7 Å². The van der Waals surface area contributed by atoms with Gasteiger partial charge in [-0.05, 0) is 58.7 Å². The lowest BCUT2D eigenvalue weighted by molar-refractivity contribution is 0.667. The Hall–Kier alpha value is -4.26. The zero-order valence-electron chi connectivity index (χ0n) is 20.7. The molecule has 39 heavy (non-hydrogen) atoms. The summed E-state index contributed by atoms with van der Waals surface area (Å²) in [5.74, 6) is 0.676. The van der Waals surface area contributed by atoms with Crippen molar-refractivity contribution in [2.75, 3.05) is 0 Å². The highest BCUT2D eigenvalue weighted by Crippen LogP contribution is 2.62. The van der Waals surface area contributed by atoms with E-state index in [0.29, 0.717) is 5.82 Å². The zero-order chi connectivity index (χ0) is 25.8. The van der Waals surface area contributed by atoms with E-state index in [4.69, 9.17) is 0 Å². The van der Waals surface area contributed by atoms with Crippen LogP contribution < -0.4 is 0 Å². The van der Waals surface area contributed by atoms with E-state index in [9.17, 15) is 0 Å². The highest BCUT2D eigenvalue weighted by Gasteiger charge is 2.48. The standard InChI is InChI=1S/C33H20N4S2/c1-3-10-28-23(7-1)33(24-8-2-4-11-29(24)38-28)25-14-12-21(27-9-5-6-16-35-27)17-30(25)39-31-18-22(13-15-26(31)33)32-36-19-34-20-37-32/h1-20H. The Kier molecular flexibility index (Phi) is 5.18. The van der Waals surface area contributed by atoms with Gasteiger partial charge in [-0.1, -0.05) is 90.3 Å². The summed E-state index contributed by atoms with van der Waals surface area (Å²) in [6, 6.07) is 37.3. The summed E-state index contributed by atoms with van der Waals surface area (Å²) < 4.78 is 0. The summed E-state index contributed by atoms with van der Waals surface area (Å²) in [5, 5.41) is 0. The molecule has 4 nitrogen and oxygen atoms in total. The van der Waals surface area contributed by atoms with Gasteiger partial charge in [0.25, 0.3) is 0 Å². The maximum absolute atomic E-state index is 4.64. The molecule has 0 amide bonds. The van der Waals surface area contributed by atoms with E-state index in [-0.39, 0.29) is 0 Å². The van der Waals surface area contributed by atoms with Crippen molar-refractivity contribution in [1.29, 1.82) is 0 Å². The quantitative estimate of drug-likeness (QED) is 0.224. The van der Waals surface area contributed by atoms with Crippen molar-refractivity contribution in [3.8, 4) is 22.6 Å². The fraction of sp³-hybridized carbons (Fsp3) is 0.0303. The number of hydrogen-bond acceptors (Lipinski definition) is 6. The Labute approximate surface area is 234 Å². The molecule has 4 heterocycles. The van der Waals surface area contributed by atoms with Crippen LogP contribution in [-0.4, -0.2) is 19.9 Å². The molecular formula is C33H20N4S2. The van der Waals surface area contributed by atoms with Crippen LogP contribution in [0.3, 0.4) is 0 Å². The average molecular weight is 537 g/mol. The van der Waals surface area contributed by atoms with Crippen molar-refractivity contribution < 1.29 is 0 Å². The molecule has 6 heteroatoms. The van der Waals surface area contributed by atoms with Crippen molar-refractivity contribution in [3.05, 3.63) is 144 Å². The molecule has 4 aromatic carbocycles. The number of rotatable bonds is 2. The molecule has 0 radical (unpaired) electrons. The summed E-state index contributed by atoms with van der Waals surface area (Å²) in [4.78, 5) is 22.5. The van der Waals surface area contributed by atoms with Crippen LogP contribution >= 0.6 is 23.5 Å². The summed E-state index contributed by atoms with van der Waals surface area (Å²) in [6.07, 6.45) is 4.95. The van der Waals surface area contributed by atoms with Gasteiger partial charge in [-0.2, -0.15) is 0 Å². The van der Waals surface area contributed by atoms with Crippen molar-refractivity contribution in [3.63, 3.8) is 0 Å². The fourth-order valence-electron chi connectivity index (χ4n) is 5.89. The van der Waals surface area contributed by atoms with Gasteiger partial charge in [0.05, 0.1) is 11.1 Å². The highest BCUT2D eigenvalue weighted by atomic mass is 32.2. The van der Waals surface area contributed by atoms with Crippen LogP contribution in [0.25, 0.3) is 22.6 Å². The van der Waals surface area contributed by atoms with Crippen LogP contribution in [0.5, 0.6) is 0 Å². The SMILES string of the molecule is c1ccc(-c2ccc3c(c2)Sc2cc(-c4ncncn4)ccc2C32c3ccccc3Sc3ccccc32)nc1. The molecule has 0 saturated carbocycles. The molecular weight excluding hydrogens is 517 g/mol. The third-order valence-corrected chi connectivity index (χ3v) is 9.77.